The van der Waals surface area contributed by atoms with Gasteiger partial charge in [-0.3, -0.25) is 0 Å². The summed E-state index contributed by atoms with van der Waals surface area (Å²) in [4.78, 5) is 11.9. The van der Waals surface area contributed by atoms with E-state index in [4.69, 9.17) is 9.47 Å². The molecule has 2 aromatic carbocycles. The van der Waals surface area contributed by atoms with Crippen molar-refractivity contribution in [3.63, 3.8) is 0 Å². The Balaban J connectivity index is 1.87. The Morgan fingerprint density at radius 3 is 2.43 bits per heavy atom. The van der Waals surface area contributed by atoms with Gasteiger partial charge >= 0.3 is 5.97 Å². The summed E-state index contributed by atoms with van der Waals surface area (Å²) in [6.07, 6.45) is 4.30. The molecule has 0 aliphatic heterocycles. The minimum absolute atomic E-state index is 0.0808. The van der Waals surface area contributed by atoms with E-state index in [0.29, 0.717) is 5.56 Å². The molecule has 0 heterocycles. The van der Waals surface area contributed by atoms with Crippen LogP contribution in [0.5, 0.6) is 5.75 Å². The number of methoxy groups -OCH3 is 2. The van der Waals surface area contributed by atoms with Crippen molar-refractivity contribution in [3.8, 4) is 5.75 Å². The Morgan fingerprint density at radius 1 is 0.957 bits per heavy atom. The summed E-state index contributed by atoms with van der Waals surface area (Å²) in [5.41, 5.74) is 6.16. The fraction of sp³-hybridized carbons (Fsp3) is 0.350. The summed E-state index contributed by atoms with van der Waals surface area (Å²) in [6, 6.07) is 12.5. The largest absolute Gasteiger partial charge is 0.497 e. The van der Waals surface area contributed by atoms with E-state index in [9.17, 15) is 4.79 Å². The van der Waals surface area contributed by atoms with Crippen molar-refractivity contribution in [1.29, 1.82) is 0 Å². The Labute approximate surface area is 136 Å². The first-order valence-corrected chi connectivity index (χ1v) is 8.07. The molecule has 0 aromatic heterocycles. The van der Waals surface area contributed by atoms with Crippen molar-refractivity contribution in [1.82, 2.24) is 0 Å². The first kappa shape index (κ1) is 14.3. The first-order valence-electron chi connectivity index (χ1n) is 8.07. The molecular weight excluding hydrogens is 288 g/mol. The quantitative estimate of drug-likeness (QED) is 0.794. The molecule has 0 N–H and O–H groups in total. The number of ether oxygens (including phenoxy) is 2. The van der Waals surface area contributed by atoms with Crippen LogP contribution in [0.25, 0.3) is 0 Å². The van der Waals surface area contributed by atoms with Crippen molar-refractivity contribution < 1.29 is 14.3 Å². The van der Waals surface area contributed by atoms with Gasteiger partial charge in [0.2, 0.25) is 0 Å². The molecule has 3 nitrogen and oxygen atoms in total. The maximum Gasteiger partial charge on any atom is 0.337 e. The highest BCUT2D eigenvalue weighted by atomic mass is 16.5. The van der Waals surface area contributed by atoms with Crippen LogP contribution in [-0.4, -0.2) is 20.2 Å². The fourth-order valence-electron chi connectivity index (χ4n) is 3.93. The summed E-state index contributed by atoms with van der Waals surface area (Å²) in [7, 11) is 3.14. The zero-order chi connectivity index (χ0) is 16.0. The van der Waals surface area contributed by atoms with Gasteiger partial charge in [-0.2, -0.15) is 0 Å². The summed E-state index contributed by atoms with van der Waals surface area (Å²) in [5.74, 6) is 0.656. The van der Waals surface area contributed by atoms with Crippen molar-refractivity contribution >= 4 is 5.97 Å². The maximum atomic E-state index is 11.9. The summed E-state index contributed by atoms with van der Waals surface area (Å²) in [5, 5.41) is 0. The molecule has 23 heavy (non-hydrogen) atoms. The molecule has 2 aromatic rings. The molecule has 118 valence electrons. The lowest BCUT2D eigenvalue weighted by atomic mass is 9.84. The molecule has 3 heteroatoms. The topological polar surface area (TPSA) is 35.5 Å². The van der Waals surface area contributed by atoms with E-state index >= 15 is 0 Å². The first-order chi connectivity index (χ1) is 11.2. The number of rotatable bonds is 2. The molecule has 0 unspecified atom stereocenters. The van der Waals surface area contributed by atoms with E-state index in [0.717, 1.165) is 31.4 Å². The highest BCUT2D eigenvalue weighted by molar-refractivity contribution is 5.90. The second-order valence-corrected chi connectivity index (χ2v) is 6.47. The van der Waals surface area contributed by atoms with E-state index in [1.165, 1.54) is 29.4 Å². The van der Waals surface area contributed by atoms with Gasteiger partial charge in [0.15, 0.2) is 0 Å². The third-order valence-corrected chi connectivity index (χ3v) is 5.29. The van der Waals surface area contributed by atoms with E-state index in [-0.39, 0.29) is 11.4 Å². The van der Waals surface area contributed by atoms with E-state index < -0.39 is 0 Å². The summed E-state index contributed by atoms with van der Waals surface area (Å²) >= 11 is 0. The molecule has 0 amide bonds. The lowest BCUT2D eigenvalue weighted by Crippen LogP contribution is -2.13. The molecule has 4 rings (SSSR count). The normalized spacial score (nSPS) is 17.0. The van der Waals surface area contributed by atoms with Crippen LogP contribution in [0.3, 0.4) is 0 Å². The van der Waals surface area contributed by atoms with E-state index in [1.807, 2.05) is 18.2 Å². The van der Waals surface area contributed by atoms with Crippen molar-refractivity contribution in [2.75, 3.05) is 14.2 Å². The van der Waals surface area contributed by atoms with Crippen LogP contribution >= 0.6 is 0 Å². The number of hydrogen-bond donors (Lipinski definition) is 0. The molecular formula is C20H20O3. The van der Waals surface area contributed by atoms with Gasteiger partial charge in [-0.05, 0) is 72.2 Å². The molecule has 0 saturated heterocycles. The summed E-state index contributed by atoms with van der Waals surface area (Å²) < 4.78 is 10.3. The SMILES string of the molecule is COC(=O)c1ccc2c(c1)C1(CC1)c1ccc(OC)cc1CC2. The highest BCUT2D eigenvalue weighted by Crippen LogP contribution is 2.57. The van der Waals surface area contributed by atoms with Gasteiger partial charge in [0.05, 0.1) is 19.8 Å². The molecule has 0 bridgehead atoms. The molecule has 1 fully saturated rings. The predicted molar refractivity (Wildman–Crippen MR) is 88.2 cm³/mol. The number of fused-ring (bicyclic) bond motifs is 4. The van der Waals surface area contributed by atoms with Crippen LogP contribution in [-0.2, 0) is 23.0 Å². The van der Waals surface area contributed by atoms with Crippen LogP contribution in [0.2, 0.25) is 0 Å². The van der Waals surface area contributed by atoms with Gasteiger partial charge in [-0.1, -0.05) is 12.1 Å². The lowest BCUT2D eigenvalue weighted by Gasteiger charge is -2.20. The van der Waals surface area contributed by atoms with Gasteiger partial charge in [0, 0.05) is 5.41 Å². The van der Waals surface area contributed by atoms with Gasteiger partial charge in [0.25, 0.3) is 0 Å². The number of carbonyl (C=O) groups is 1. The molecule has 2 aliphatic rings. The number of carbonyl (C=O) groups excluding carboxylic acids is 1. The number of hydrogen-bond acceptors (Lipinski definition) is 3. The van der Waals surface area contributed by atoms with Crippen LogP contribution in [0, 0.1) is 0 Å². The molecule has 1 saturated carbocycles. The smallest absolute Gasteiger partial charge is 0.337 e. The van der Waals surface area contributed by atoms with Gasteiger partial charge in [-0.25, -0.2) is 4.79 Å². The van der Waals surface area contributed by atoms with Crippen molar-refractivity contribution in [3.05, 3.63) is 64.2 Å². The molecule has 0 radical (unpaired) electrons. The third-order valence-electron chi connectivity index (χ3n) is 5.29. The Kier molecular flexibility index (Phi) is 3.19. The minimum Gasteiger partial charge on any atom is -0.497 e. The molecule has 2 aliphatic carbocycles. The number of esters is 1. The lowest BCUT2D eigenvalue weighted by molar-refractivity contribution is 0.0600. The zero-order valence-electron chi connectivity index (χ0n) is 13.5. The van der Waals surface area contributed by atoms with Crippen LogP contribution in [0.15, 0.2) is 36.4 Å². The van der Waals surface area contributed by atoms with Gasteiger partial charge < -0.3 is 9.47 Å². The fourth-order valence-corrected chi connectivity index (χ4v) is 3.93. The monoisotopic (exact) mass is 308 g/mol. The van der Waals surface area contributed by atoms with Crippen LogP contribution in [0.1, 0.15) is 45.5 Å². The predicted octanol–water partition coefficient (Wildman–Crippen LogP) is 3.66. The highest BCUT2D eigenvalue weighted by Gasteiger charge is 2.49. The Hall–Kier alpha value is -2.29. The maximum absolute atomic E-state index is 11.9. The standard InChI is InChI=1S/C20H20O3/c1-22-16-7-8-17-14(11-16)5-3-13-4-6-15(19(21)23-2)12-18(13)20(17)9-10-20/h4,6-8,11-12H,3,5,9-10H2,1-2H3. The average Bonchev–Trinajstić information content (AvgIpc) is 3.41. The van der Waals surface area contributed by atoms with Gasteiger partial charge in [0.1, 0.15) is 5.75 Å². The zero-order valence-corrected chi connectivity index (χ0v) is 13.5. The number of benzene rings is 2. The Bertz CT molecular complexity index is 787. The van der Waals surface area contributed by atoms with Crippen LogP contribution in [0.4, 0.5) is 0 Å². The van der Waals surface area contributed by atoms with Crippen LogP contribution < -0.4 is 4.74 Å². The average molecular weight is 308 g/mol. The minimum atomic E-state index is -0.261. The third kappa shape index (κ3) is 2.14. The number of aryl methyl sites for hydroxylation is 2. The molecule has 1 spiro atoms. The van der Waals surface area contributed by atoms with Crippen molar-refractivity contribution in [2.24, 2.45) is 0 Å². The summed E-state index contributed by atoms with van der Waals surface area (Å²) in [6.45, 7) is 0. The second-order valence-electron chi connectivity index (χ2n) is 6.47. The van der Waals surface area contributed by atoms with E-state index in [1.54, 1.807) is 7.11 Å². The molecule has 0 atom stereocenters. The second kappa shape index (κ2) is 5.12. The van der Waals surface area contributed by atoms with Crippen molar-refractivity contribution in [2.45, 2.75) is 31.1 Å². The Morgan fingerprint density at radius 2 is 1.74 bits per heavy atom. The van der Waals surface area contributed by atoms with E-state index in [2.05, 4.69) is 18.2 Å². The van der Waals surface area contributed by atoms with Gasteiger partial charge in [-0.15, -0.1) is 0 Å².